The Morgan fingerprint density at radius 2 is 1.80 bits per heavy atom. The Balaban J connectivity index is 1.66. The molecule has 2 heterocycles. The van der Waals surface area contributed by atoms with Crippen molar-refractivity contribution in [3.8, 4) is 0 Å². The van der Waals surface area contributed by atoms with Crippen molar-refractivity contribution < 1.29 is 9.90 Å². The van der Waals surface area contributed by atoms with Crippen molar-refractivity contribution in [3.05, 3.63) is 78.0 Å². The molecule has 0 spiro atoms. The molecule has 1 N–H and O–H groups in total. The van der Waals surface area contributed by atoms with Gasteiger partial charge in [-0.1, -0.05) is 48.5 Å². The number of fused-ring (bicyclic) bond motifs is 1. The fraction of sp³-hybridized carbons (Fsp3) is 0.238. The van der Waals surface area contributed by atoms with Gasteiger partial charge >= 0.3 is 5.97 Å². The van der Waals surface area contributed by atoms with Gasteiger partial charge in [0.2, 0.25) is 0 Å². The van der Waals surface area contributed by atoms with Crippen LogP contribution < -0.4 is 0 Å². The Kier molecular flexibility index (Phi) is 4.20. The van der Waals surface area contributed by atoms with E-state index >= 15 is 0 Å². The van der Waals surface area contributed by atoms with E-state index < -0.39 is 11.9 Å². The first kappa shape index (κ1) is 15.8. The number of nitrogens with zero attached hydrogens (tertiary/aromatic N) is 2. The van der Waals surface area contributed by atoms with E-state index in [4.69, 9.17) is 0 Å². The lowest BCUT2D eigenvalue weighted by Crippen LogP contribution is -2.23. The summed E-state index contributed by atoms with van der Waals surface area (Å²) in [4.78, 5) is 18.5. The minimum absolute atomic E-state index is 0.0193. The number of aliphatic carboxylic acids is 1. The van der Waals surface area contributed by atoms with Crippen LogP contribution in [0.4, 0.5) is 0 Å². The molecule has 4 rings (SSSR count). The number of rotatable bonds is 4. The predicted molar refractivity (Wildman–Crippen MR) is 97.3 cm³/mol. The van der Waals surface area contributed by atoms with Crippen LogP contribution in [0.1, 0.15) is 17.0 Å². The Labute approximate surface area is 146 Å². The summed E-state index contributed by atoms with van der Waals surface area (Å²) in [5, 5.41) is 10.8. The molecule has 0 saturated carbocycles. The molecule has 1 aliphatic rings. The number of para-hydroxylation sites is 1. The van der Waals surface area contributed by atoms with Gasteiger partial charge in [0, 0.05) is 37.1 Å². The van der Waals surface area contributed by atoms with E-state index in [1.807, 2.05) is 48.5 Å². The van der Waals surface area contributed by atoms with E-state index in [0.717, 1.165) is 29.6 Å². The van der Waals surface area contributed by atoms with Crippen LogP contribution in [0, 0.1) is 5.92 Å². The molecule has 0 amide bonds. The molecular weight excluding hydrogens is 312 g/mol. The number of carboxylic acids is 1. The maximum Gasteiger partial charge on any atom is 0.308 e. The Hall–Kier alpha value is -2.72. The molecule has 1 aliphatic heterocycles. The molecule has 4 nitrogen and oxygen atoms in total. The topological polar surface area (TPSA) is 53.4 Å². The number of likely N-dealkylation sites (tertiary alicyclic amines) is 1. The van der Waals surface area contributed by atoms with E-state index in [9.17, 15) is 9.90 Å². The van der Waals surface area contributed by atoms with Crippen LogP contribution in [0.25, 0.3) is 10.9 Å². The van der Waals surface area contributed by atoms with Gasteiger partial charge in [-0.3, -0.25) is 14.7 Å². The zero-order valence-corrected chi connectivity index (χ0v) is 13.9. The maximum atomic E-state index is 11.9. The van der Waals surface area contributed by atoms with Crippen LogP contribution in [0.2, 0.25) is 0 Å². The second-order valence-corrected chi connectivity index (χ2v) is 6.65. The minimum Gasteiger partial charge on any atom is -0.481 e. The van der Waals surface area contributed by atoms with Gasteiger partial charge in [0.1, 0.15) is 0 Å². The third-order valence-electron chi connectivity index (χ3n) is 5.04. The largest absolute Gasteiger partial charge is 0.481 e. The second-order valence-electron chi connectivity index (χ2n) is 6.65. The van der Waals surface area contributed by atoms with Gasteiger partial charge in [-0.05, 0) is 23.3 Å². The number of aromatic nitrogens is 1. The van der Waals surface area contributed by atoms with E-state index in [1.165, 1.54) is 5.56 Å². The van der Waals surface area contributed by atoms with E-state index in [-0.39, 0.29) is 5.92 Å². The molecular formula is C21H20N2O2. The number of hydrogen-bond acceptors (Lipinski definition) is 3. The Bertz CT molecular complexity index is 889. The maximum absolute atomic E-state index is 11.9. The van der Waals surface area contributed by atoms with E-state index in [1.54, 1.807) is 6.20 Å². The first-order chi connectivity index (χ1) is 12.2. The molecule has 0 bridgehead atoms. The molecule has 3 aromatic rings. The summed E-state index contributed by atoms with van der Waals surface area (Å²) < 4.78 is 0. The van der Waals surface area contributed by atoms with Crippen LogP contribution in [-0.2, 0) is 11.3 Å². The summed E-state index contributed by atoms with van der Waals surface area (Å²) in [6.07, 6.45) is 1.79. The smallest absolute Gasteiger partial charge is 0.308 e. The number of carbonyl (C=O) groups is 1. The molecule has 1 fully saturated rings. The fourth-order valence-corrected chi connectivity index (χ4v) is 3.86. The highest BCUT2D eigenvalue weighted by atomic mass is 16.4. The highest BCUT2D eigenvalue weighted by Gasteiger charge is 2.39. The average molecular weight is 332 g/mol. The van der Waals surface area contributed by atoms with Gasteiger partial charge in [-0.15, -0.1) is 0 Å². The summed E-state index contributed by atoms with van der Waals surface area (Å²) >= 11 is 0. The van der Waals surface area contributed by atoms with Gasteiger partial charge in [0.05, 0.1) is 11.4 Å². The highest BCUT2D eigenvalue weighted by Crippen LogP contribution is 2.36. The normalized spacial score (nSPS) is 20.8. The lowest BCUT2D eigenvalue weighted by Gasteiger charge is -2.17. The van der Waals surface area contributed by atoms with Crippen LogP contribution in [-0.4, -0.2) is 34.0 Å². The van der Waals surface area contributed by atoms with E-state index in [2.05, 4.69) is 22.0 Å². The number of benzene rings is 2. The van der Waals surface area contributed by atoms with Crippen molar-refractivity contribution in [1.29, 1.82) is 0 Å². The van der Waals surface area contributed by atoms with Crippen molar-refractivity contribution in [2.24, 2.45) is 5.92 Å². The van der Waals surface area contributed by atoms with Gasteiger partial charge < -0.3 is 5.11 Å². The quantitative estimate of drug-likeness (QED) is 0.794. The second kappa shape index (κ2) is 6.65. The van der Waals surface area contributed by atoms with Crippen molar-refractivity contribution in [2.75, 3.05) is 13.1 Å². The number of pyridine rings is 1. The van der Waals surface area contributed by atoms with Crippen LogP contribution >= 0.6 is 0 Å². The zero-order chi connectivity index (χ0) is 17.2. The van der Waals surface area contributed by atoms with Crippen LogP contribution in [0.5, 0.6) is 0 Å². The average Bonchev–Trinajstić information content (AvgIpc) is 3.06. The molecule has 1 saturated heterocycles. The predicted octanol–water partition coefficient (Wildman–Crippen LogP) is 3.54. The Morgan fingerprint density at radius 1 is 1.04 bits per heavy atom. The lowest BCUT2D eigenvalue weighted by atomic mass is 9.87. The summed E-state index contributed by atoms with van der Waals surface area (Å²) in [6, 6.07) is 20.2. The summed E-state index contributed by atoms with van der Waals surface area (Å²) in [6.45, 7) is 2.11. The molecule has 2 unspecified atom stereocenters. The molecule has 0 radical (unpaired) electrons. The Morgan fingerprint density at radius 3 is 2.60 bits per heavy atom. The van der Waals surface area contributed by atoms with Crippen LogP contribution in [0.15, 0.2) is 66.9 Å². The molecule has 2 atom stereocenters. The first-order valence-electron chi connectivity index (χ1n) is 8.55. The first-order valence-corrected chi connectivity index (χ1v) is 8.55. The van der Waals surface area contributed by atoms with Crippen molar-refractivity contribution in [3.63, 3.8) is 0 Å². The van der Waals surface area contributed by atoms with Gasteiger partial charge in [0.25, 0.3) is 0 Å². The lowest BCUT2D eigenvalue weighted by molar-refractivity contribution is -0.141. The van der Waals surface area contributed by atoms with E-state index in [0.29, 0.717) is 6.54 Å². The van der Waals surface area contributed by atoms with Crippen molar-refractivity contribution in [1.82, 2.24) is 9.88 Å². The molecule has 4 heteroatoms. The number of hydrogen-bond donors (Lipinski definition) is 1. The standard InChI is InChI=1S/C21H20N2O2/c24-21(25)19-14-23(12-15-6-2-1-3-7-15)13-18(19)16-10-11-22-20-9-5-4-8-17(16)20/h1-11,18-19H,12-14H2,(H,24,25). The van der Waals surface area contributed by atoms with Gasteiger partial charge in [-0.25, -0.2) is 0 Å². The number of carboxylic acid groups (broad SMARTS) is 1. The molecule has 2 aromatic carbocycles. The van der Waals surface area contributed by atoms with Gasteiger partial charge in [-0.2, -0.15) is 0 Å². The van der Waals surface area contributed by atoms with Crippen LogP contribution in [0.3, 0.4) is 0 Å². The molecule has 0 aliphatic carbocycles. The van der Waals surface area contributed by atoms with Crippen molar-refractivity contribution in [2.45, 2.75) is 12.5 Å². The van der Waals surface area contributed by atoms with Crippen molar-refractivity contribution >= 4 is 16.9 Å². The summed E-state index contributed by atoms with van der Waals surface area (Å²) in [5.74, 6) is -1.13. The molecule has 25 heavy (non-hydrogen) atoms. The highest BCUT2D eigenvalue weighted by molar-refractivity contribution is 5.84. The SMILES string of the molecule is O=C(O)C1CN(Cc2ccccc2)CC1c1ccnc2ccccc12. The minimum atomic E-state index is -0.721. The summed E-state index contributed by atoms with van der Waals surface area (Å²) in [5.41, 5.74) is 3.23. The third kappa shape index (κ3) is 3.13. The molecule has 126 valence electrons. The zero-order valence-electron chi connectivity index (χ0n) is 13.9. The van der Waals surface area contributed by atoms with Gasteiger partial charge in [0.15, 0.2) is 0 Å². The fourth-order valence-electron chi connectivity index (χ4n) is 3.86. The monoisotopic (exact) mass is 332 g/mol. The third-order valence-corrected chi connectivity index (χ3v) is 5.04. The molecule has 1 aromatic heterocycles. The summed E-state index contributed by atoms with van der Waals surface area (Å²) in [7, 11) is 0.